The summed E-state index contributed by atoms with van der Waals surface area (Å²) in [6.07, 6.45) is 22.7. The van der Waals surface area contributed by atoms with Gasteiger partial charge in [0.2, 0.25) is 11.6 Å². The molecule has 1 aliphatic carbocycles. The minimum atomic E-state index is -0.607. The molecule has 0 spiro atoms. The van der Waals surface area contributed by atoms with E-state index in [-0.39, 0.29) is 21.9 Å². The van der Waals surface area contributed by atoms with Gasteiger partial charge < -0.3 is 5.11 Å². The van der Waals surface area contributed by atoms with Gasteiger partial charge in [-0.05, 0) is 24.3 Å². The van der Waals surface area contributed by atoms with Crippen molar-refractivity contribution in [1.29, 1.82) is 0 Å². The molecule has 0 amide bonds. The van der Waals surface area contributed by atoms with Crippen molar-refractivity contribution < 1.29 is 14.7 Å². The van der Waals surface area contributed by atoms with Crippen molar-refractivity contribution in [2.45, 2.75) is 110 Å². The van der Waals surface area contributed by atoms with E-state index in [1.807, 2.05) is 0 Å². The number of unbranched alkanes of at least 4 members (excludes halogenated alkanes) is 15. The molecule has 0 radical (unpaired) electrons. The molecular formula is C27H41NO3S. The lowest BCUT2D eigenvalue weighted by molar-refractivity contribution is -0.111. The minimum absolute atomic E-state index is 0.147. The van der Waals surface area contributed by atoms with E-state index in [4.69, 9.17) is 0 Å². The number of ketones is 2. The number of carbonyl (C=O) groups is 2. The Morgan fingerprint density at radius 3 is 1.78 bits per heavy atom. The third kappa shape index (κ3) is 9.09. The number of carbonyl (C=O) groups excluding carboxylic acids is 2. The lowest BCUT2D eigenvalue weighted by atomic mass is 9.98. The van der Waals surface area contributed by atoms with Crippen LogP contribution in [0.4, 0.5) is 0 Å². The predicted octanol–water partition coefficient (Wildman–Crippen LogP) is 8.07. The molecule has 0 aromatic carbocycles. The lowest BCUT2D eigenvalue weighted by Gasteiger charge is -2.16. The van der Waals surface area contributed by atoms with E-state index < -0.39 is 11.6 Å². The quantitative estimate of drug-likeness (QED) is 0.177. The summed E-state index contributed by atoms with van der Waals surface area (Å²) in [4.78, 5) is 28.7. The summed E-state index contributed by atoms with van der Waals surface area (Å²) in [5, 5.41) is 10.4. The highest BCUT2D eigenvalue weighted by atomic mass is 32.2. The van der Waals surface area contributed by atoms with Gasteiger partial charge in [0, 0.05) is 6.20 Å². The van der Waals surface area contributed by atoms with Gasteiger partial charge in [0.1, 0.15) is 10.6 Å². The van der Waals surface area contributed by atoms with Crippen LogP contribution in [0.25, 0.3) is 5.76 Å². The molecule has 4 nitrogen and oxygen atoms in total. The van der Waals surface area contributed by atoms with E-state index in [2.05, 4.69) is 11.9 Å². The van der Waals surface area contributed by atoms with Crippen LogP contribution in [-0.4, -0.2) is 27.4 Å². The average Bonchev–Trinajstić information content (AvgIpc) is 2.81. The van der Waals surface area contributed by atoms with E-state index in [1.54, 1.807) is 6.07 Å². The zero-order valence-corrected chi connectivity index (χ0v) is 20.7. The van der Waals surface area contributed by atoms with Crippen LogP contribution in [0.3, 0.4) is 0 Å². The van der Waals surface area contributed by atoms with E-state index in [0.29, 0.717) is 0 Å². The SMILES string of the molecule is CCCCCCCCCCCCCCCCCCSC1=C(O)c2ncccc2C(=O)C1=O. The molecule has 178 valence electrons. The number of aliphatic hydroxyl groups is 1. The molecule has 1 aromatic heterocycles. The summed E-state index contributed by atoms with van der Waals surface area (Å²) in [6.45, 7) is 2.27. The molecule has 0 fully saturated rings. The molecule has 1 N–H and O–H groups in total. The summed E-state index contributed by atoms with van der Waals surface area (Å²) in [6, 6.07) is 3.14. The first-order valence-electron chi connectivity index (χ1n) is 12.8. The Hall–Kier alpha value is -1.62. The fourth-order valence-corrected chi connectivity index (χ4v) is 5.19. The van der Waals surface area contributed by atoms with Crippen molar-refractivity contribution in [3.05, 3.63) is 34.5 Å². The number of rotatable bonds is 18. The van der Waals surface area contributed by atoms with Gasteiger partial charge >= 0.3 is 0 Å². The van der Waals surface area contributed by atoms with Gasteiger partial charge in [-0.25, -0.2) is 0 Å². The van der Waals surface area contributed by atoms with Crippen LogP contribution in [0.2, 0.25) is 0 Å². The summed E-state index contributed by atoms with van der Waals surface area (Å²) in [5.74, 6) is -0.587. The number of aromatic nitrogens is 1. The second-order valence-corrected chi connectivity index (χ2v) is 9.99. The van der Waals surface area contributed by atoms with E-state index >= 15 is 0 Å². The highest BCUT2D eigenvalue weighted by molar-refractivity contribution is 8.04. The number of thioether (sulfide) groups is 1. The number of aliphatic hydroxyl groups excluding tert-OH is 1. The summed E-state index contributed by atoms with van der Waals surface area (Å²) in [7, 11) is 0. The largest absolute Gasteiger partial charge is 0.504 e. The lowest BCUT2D eigenvalue weighted by Crippen LogP contribution is -2.23. The standard InChI is InChI=1S/C27H41NO3S/c1-2-3-4-5-6-7-8-9-10-11-12-13-14-15-16-17-21-32-27-25(30)23-22(19-18-20-28-23)24(29)26(27)31/h18-20,30H,2-17,21H2,1H3. The summed E-state index contributed by atoms with van der Waals surface area (Å²) >= 11 is 1.29. The van der Waals surface area contributed by atoms with Crippen LogP contribution in [0.5, 0.6) is 0 Å². The maximum absolute atomic E-state index is 12.3. The maximum Gasteiger partial charge on any atom is 0.243 e. The monoisotopic (exact) mass is 459 g/mol. The Morgan fingerprint density at radius 1 is 0.750 bits per heavy atom. The van der Waals surface area contributed by atoms with Crippen LogP contribution in [0, 0.1) is 0 Å². The van der Waals surface area contributed by atoms with Crippen molar-refractivity contribution >= 4 is 29.1 Å². The second-order valence-electron chi connectivity index (χ2n) is 8.89. The molecular weight excluding hydrogens is 418 g/mol. The van der Waals surface area contributed by atoms with Crippen molar-refractivity contribution in [3.63, 3.8) is 0 Å². The number of fused-ring (bicyclic) bond motifs is 1. The molecule has 5 heteroatoms. The van der Waals surface area contributed by atoms with Gasteiger partial charge in [-0.2, -0.15) is 0 Å². The first-order valence-corrected chi connectivity index (χ1v) is 13.8. The van der Waals surface area contributed by atoms with Crippen LogP contribution in [0.1, 0.15) is 126 Å². The van der Waals surface area contributed by atoms with Crippen molar-refractivity contribution in [2.24, 2.45) is 0 Å². The van der Waals surface area contributed by atoms with E-state index in [1.165, 1.54) is 114 Å². The van der Waals surface area contributed by atoms with Crippen molar-refractivity contribution in [3.8, 4) is 0 Å². The van der Waals surface area contributed by atoms with Gasteiger partial charge in [-0.3, -0.25) is 14.6 Å². The molecule has 0 saturated carbocycles. The Bertz CT molecular complexity index is 744. The molecule has 0 unspecified atom stereocenters. The topological polar surface area (TPSA) is 67.3 Å². The molecule has 0 saturated heterocycles. The molecule has 0 aliphatic heterocycles. The molecule has 2 rings (SSSR count). The zero-order valence-electron chi connectivity index (χ0n) is 19.9. The molecule has 1 heterocycles. The van der Waals surface area contributed by atoms with Crippen molar-refractivity contribution in [1.82, 2.24) is 4.98 Å². The third-order valence-electron chi connectivity index (χ3n) is 6.15. The number of allylic oxidation sites excluding steroid dienone is 1. The predicted molar refractivity (Wildman–Crippen MR) is 135 cm³/mol. The minimum Gasteiger partial charge on any atom is -0.504 e. The summed E-state index contributed by atoms with van der Waals surface area (Å²) < 4.78 is 0. The van der Waals surface area contributed by atoms with E-state index in [9.17, 15) is 14.7 Å². The highest BCUT2D eigenvalue weighted by Gasteiger charge is 2.33. The smallest absolute Gasteiger partial charge is 0.243 e. The van der Waals surface area contributed by atoms with Gasteiger partial charge in [0.25, 0.3) is 0 Å². The van der Waals surface area contributed by atoms with Gasteiger partial charge in [-0.1, -0.05) is 103 Å². The highest BCUT2D eigenvalue weighted by Crippen LogP contribution is 2.33. The Balaban J connectivity index is 1.45. The molecule has 1 aromatic rings. The van der Waals surface area contributed by atoms with Crippen LogP contribution in [-0.2, 0) is 4.79 Å². The summed E-state index contributed by atoms with van der Waals surface area (Å²) in [5.41, 5.74) is 0.424. The fraction of sp³-hybridized carbons (Fsp3) is 0.667. The van der Waals surface area contributed by atoms with Crippen LogP contribution >= 0.6 is 11.8 Å². The fourth-order valence-electron chi connectivity index (χ4n) is 4.18. The molecule has 32 heavy (non-hydrogen) atoms. The Labute approximate surface area is 198 Å². The Morgan fingerprint density at radius 2 is 1.25 bits per heavy atom. The zero-order chi connectivity index (χ0) is 23.0. The second kappa shape index (κ2) is 16.1. The van der Waals surface area contributed by atoms with Gasteiger partial charge in [0.15, 0.2) is 5.76 Å². The number of Topliss-reactive ketones (excluding diaryl/α,β-unsaturated/α-hetero) is 2. The molecule has 1 aliphatic rings. The maximum atomic E-state index is 12.3. The normalized spacial score (nSPS) is 13.7. The van der Waals surface area contributed by atoms with Gasteiger partial charge in [-0.15, -0.1) is 11.8 Å². The number of hydrogen-bond donors (Lipinski definition) is 1. The van der Waals surface area contributed by atoms with Crippen molar-refractivity contribution in [2.75, 3.05) is 5.75 Å². The number of pyridine rings is 1. The Kier molecular flexibility index (Phi) is 13.4. The van der Waals surface area contributed by atoms with E-state index in [0.717, 1.165) is 18.6 Å². The first kappa shape index (κ1) is 26.6. The average molecular weight is 460 g/mol. The third-order valence-corrected chi connectivity index (χ3v) is 7.31. The van der Waals surface area contributed by atoms with Crippen LogP contribution in [0.15, 0.2) is 23.2 Å². The van der Waals surface area contributed by atoms with Gasteiger partial charge in [0.05, 0.1) is 5.56 Å². The molecule has 0 atom stereocenters. The molecule has 0 bridgehead atoms. The number of nitrogens with zero attached hydrogens (tertiary/aromatic N) is 1. The van der Waals surface area contributed by atoms with Crippen LogP contribution < -0.4 is 0 Å². The number of hydrogen-bond acceptors (Lipinski definition) is 5. The first-order chi connectivity index (χ1) is 15.7.